The minimum atomic E-state index is -1.41. The molecule has 0 bridgehead atoms. The number of pyridine rings is 1. The summed E-state index contributed by atoms with van der Waals surface area (Å²) in [5.41, 5.74) is 0. The van der Waals surface area contributed by atoms with Gasteiger partial charge < -0.3 is 18.9 Å². The maximum Gasteiger partial charge on any atom is 0.339 e. The van der Waals surface area contributed by atoms with Crippen molar-refractivity contribution in [2.75, 3.05) is 7.11 Å². The number of carbonyl (C=O) groups is 4. The van der Waals surface area contributed by atoms with Gasteiger partial charge in [0.15, 0.2) is 24.6 Å². The van der Waals surface area contributed by atoms with Crippen LogP contribution in [-0.4, -0.2) is 55.4 Å². The van der Waals surface area contributed by atoms with Crippen LogP contribution in [-0.2, 0) is 42.9 Å². The van der Waals surface area contributed by atoms with E-state index in [0.29, 0.717) is 0 Å². The lowest BCUT2D eigenvalue weighted by Crippen LogP contribution is -2.66. The van der Waals surface area contributed by atoms with E-state index in [2.05, 4.69) is 0 Å². The number of hydrogen-bond acceptors (Lipinski definition) is 9. The maximum absolute atomic E-state index is 12.3. The summed E-state index contributed by atoms with van der Waals surface area (Å²) in [5, 5.41) is 0. The van der Waals surface area contributed by atoms with Crippen LogP contribution in [0, 0.1) is 0 Å². The zero-order chi connectivity index (χ0) is 20.8. The fraction of sp³-hybridized carbons (Fsp3) is 0.500. The third-order valence-electron chi connectivity index (χ3n) is 3.89. The lowest BCUT2D eigenvalue weighted by atomic mass is 9.96. The predicted octanol–water partition coefficient (Wildman–Crippen LogP) is -0.160. The fourth-order valence-corrected chi connectivity index (χ4v) is 2.92. The number of nitrogens with zero attached hydrogens (tertiary/aromatic N) is 1. The number of hydrogen-bond donors (Lipinski definition) is 0. The van der Waals surface area contributed by atoms with Gasteiger partial charge in [-0.25, -0.2) is 4.79 Å². The molecular formula is C18H22NO9+. The Labute approximate surface area is 161 Å². The summed E-state index contributed by atoms with van der Waals surface area (Å²) in [6, 6.07) is 5.14. The molecule has 0 N–H and O–H groups in total. The predicted molar refractivity (Wildman–Crippen MR) is 89.2 cm³/mol. The quantitative estimate of drug-likeness (QED) is 0.380. The number of carbonyl (C=O) groups excluding carboxylic acids is 4. The monoisotopic (exact) mass is 396 g/mol. The number of esters is 4. The zero-order valence-electron chi connectivity index (χ0n) is 15.9. The zero-order valence-corrected chi connectivity index (χ0v) is 15.9. The second-order valence-corrected chi connectivity index (χ2v) is 6.02. The molecule has 1 aromatic rings. The third kappa shape index (κ3) is 5.03. The van der Waals surface area contributed by atoms with Gasteiger partial charge in [-0.2, -0.15) is 4.57 Å². The van der Waals surface area contributed by atoms with Crippen LogP contribution in [0.3, 0.4) is 0 Å². The average Bonchev–Trinajstić information content (AvgIpc) is 2.63. The molecule has 10 heteroatoms. The van der Waals surface area contributed by atoms with E-state index in [-0.39, 0.29) is 0 Å². The Bertz CT molecular complexity index is 736. The van der Waals surface area contributed by atoms with Crippen molar-refractivity contribution in [2.45, 2.75) is 51.4 Å². The molecule has 152 valence electrons. The molecule has 2 heterocycles. The lowest BCUT2D eigenvalue weighted by molar-refractivity contribution is -0.776. The Morgan fingerprint density at radius 3 is 1.79 bits per heavy atom. The van der Waals surface area contributed by atoms with Crippen molar-refractivity contribution in [1.82, 2.24) is 0 Å². The summed E-state index contributed by atoms with van der Waals surface area (Å²) in [4.78, 5) is 47.3. The highest BCUT2D eigenvalue weighted by molar-refractivity contribution is 5.77. The van der Waals surface area contributed by atoms with E-state index in [0.717, 1.165) is 21.0 Å². The van der Waals surface area contributed by atoms with E-state index in [1.165, 1.54) is 11.5 Å². The van der Waals surface area contributed by atoms with Crippen molar-refractivity contribution in [1.29, 1.82) is 0 Å². The number of ether oxygens (including phenoxy) is 5. The summed E-state index contributed by atoms with van der Waals surface area (Å²) in [6.45, 7) is 3.44. The summed E-state index contributed by atoms with van der Waals surface area (Å²) in [7, 11) is 1.14. The minimum absolute atomic E-state index is 0.676. The van der Waals surface area contributed by atoms with Gasteiger partial charge in [-0.1, -0.05) is 6.07 Å². The highest BCUT2D eigenvalue weighted by atomic mass is 16.7. The fourth-order valence-electron chi connectivity index (χ4n) is 2.92. The molecule has 0 unspecified atom stereocenters. The Morgan fingerprint density at radius 2 is 1.29 bits per heavy atom. The van der Waals surface area contributed by atoms with Crippen molar-refractivity contribution in [2.24, 2.45) is 0 Å². The molecule has 1 aromatic heterocycles. The van der Waals surface area contributed by atoms with Gasteiger partial charge in [0.25, 0.3) is 0 Å². The van der Waals surface area contributed by atoms with Crippen molar-refractivity contribution in [3.05, 3.63) is 30.6 Å². The molecule has 0 saturated carbocycles. The molecule has 0 amide bonds. The van der Waals surface area contributed by atoms with Crippen molar-refractivity contribution < 1.29 is 47.4 Å². The van der Waals surface area contributed by atoms with E-state index in [4.69, 9.17) is 23.7 Å². The van der Waals surface area contributed by atoms with Crippen LogP contribution in [0.2, 0.25) is 0 Å². The molecule has 0 spiro atoms. The Hall–Kier alpha value is -3.01. The molecule has 1 fully saturated rings. The van der Waals surface area contributed by atoms with Crippen molar-refractivity contribution in [3.8, 4) is 0 Å². The van der Waals surface area contributed by atoms with E-state index >= 15 is 0 Å². The first-order valence-electron chi connectivity index (χ1n) is 8.45. The molecule has 5 atom stereocenters. The third-order valence-corrected chi connectivity index (χ3v) is 3.89. The highest BCUT2D eigenvalue weighted by Gasteiger charge is 2.58. The van der Waals surface area contributed by atoms with Crippen LogP contribution in [0.5, 0.6) is 0 Å². The Morgan fingerprint density at radius 1 is 0.786 bits per heavy atom. The molecule has 0 aliphatic carbocycles. The van der Waals surface area contributed by atoms with Gasteiger partial charge in [0.05, 0.1) is 7.11 Å². The van der Waals surface area contributed by atoms with Crippen LogP contribution in [0.15, 0.2) is 30.6 Å². The van der Waals surface area contributed by atoms with E-state index in [1.54, 1.807) is 30.6 Å². The second kappa shape index (κ2) is 9.27. The number of rotatable bonds is 5. The molecule has 1 saturated heterocycles. The van der Waals surface area contributed by atoms with E-state index < -0.39 is 54.5 Å². The highest BCUT2D eigenvalue weighted by Crippen LogP contribution is 2.32. The standard InChI is InChI=1S/C18H22NO9/c1-10(20)25-13-14(26-11(2)21)16(18(23)24-4)28-17(15(13)27-12(3)22)19-8-6-5-7-9-19/h5-9,13-17H,1-4H3/q+1/t13-,14+,15+,16+,17-/m0/s1. The van der Waals surface area contributed by atoms with Gasteiger partial charge >= 0.3 is 30.1 Å². The number of aromatic nitrogens is 1. The van der Waals surface area contributed by atoms with Gasteiger partial charge in [-0.05, 0) is 0 Å². The largest absolute Gasteiger partial charge is 0.467 e. The molecule has 0 aromatic carbocycles. The van der Waals surface area contributed by atoms with Crippen molar-refractivity contribution in [3.63, 3.8) is 0 Å². The first-order valence-corrected chi connectivity index (χ1v) is 8.45. The van der Waals surface area contributed by atoms with Crippen LogP contribution in [0.1, 0.15) is 27.0 Å². The molecule has 2 rings (SSSR count). The Kier molecular flexibility index (Phi) is 7.05. The summed E-state index contributed by atoms with van der Waals surface area (Å²) >= 11 is 0. The maximum atomic E-state index is 12.3. The summed E-state index contributed by atoms with van der Waals surface area (Å²) < 4.78 is 27.9. The number of methoxy groups -OCH3 is 1. The first kappa shape index (κ1) is 21.3. The topological polar surface area (TPSA) is 118 Å². The Balaban J connectivity index is 2.56. The van der Waals surface area contributed by atoms with Gasteiger partial charge in [0, 0.05) is 32.9 Å². The van der Waals surface area contributed by atoms with Gasteiger partial charge in [-0.3, -0.25) is 19.1 Å². The van der Waals surface area contributed by atoms with Crippen LogP contribution < -0.4 is 4.57 Å². The summed E-state index contributed by atoms with van der Waals surface area (Å²) in [5.74, 6) is -2.98. The van der Waals surface area contributed by atoms with Gasteiger partial charge in [0.2, 0.25) is 12.2 Å². The minimum Gasteiger partial charge on any atom is -0.467 e. The van der Waals surface area contributed by atoms with Crippen molar-refractivity contribution >= 4 is 23.9 Å². The van der Waals surface area contributed by atoms with Gasteiger partial charge in [-0.15, -0.1) is 0 Å². The smallest absolute Gasteiger partial charge is 0.339 e. The first-order chi connectivity index (χ1) is 13.2. The van der Waals surface area contributed by atoms with Crippen LogP contribution in [0.25, 0.3) is 0 Å². The van der Waals surface area contributed by atoms with Gasteiger partial charge in [0.1, 0.15) is 0 Å². The summed E-state index contributed by atoms with van der Waals surface area (Å²) in [6.07, 6.45) is -3.11. The molecule has 10 nitrogen and oxygen atoms in total. The van der Waals surface area contributed by atoms with Crippen LogP contribution in [0.4, 0.5) is 0 Å². The van der Waals surface area contributed by atoms with Crippen LogP contribution >= 0.6 is 0 Å². The molecule has 28 heavy (non-hydrogen) atoms. The van der Waals surface area contributed by atoms with E-state index in [1.807, 2.05) is 0 Å². The molecule has 1 aliphatic heterocycles. The van der Waals surface area contributed by atoms with E-state index in [9.17, 15) is 19.2 Å². The lowest BCUT2D eigenvalue weighted by Gasteiger charge is -2.40. The average molecular weight is 396 g/mol. The second-order valence-electron chi connectivity index (χ2n) is 6.02. The molecule has 0 radical (unpaired) electrons. The molecule has 1 aliphatic rings. The SMILES string of the molecule is COC(=O)[C@@H]1O[C@H]([n+]2ccccc2)[C@H](OC(C)=O)[C@@H](OC(C)=O)[C@H]1OC(C)=O. The molecular weight excluding hydrogens is 374 g/mol. The normalized spacial score (nSPS) is 26.6.